The highest BCUT2D eigenvalue weighted by Gasteiger charge is 2.42. The zero-order valence-electron chi connectivity index (χ0n) is 12.0. The number of alkyl halides is 4. The first-order valence-corrected chi connectivity index (χ1v) is 6.70. The van der Waals surface area contributed by atoms with Crippen LogP contribution in [0.3, 0.4) is 0 Å². The van der Waals surface area contributed by atoms with Crippen molar-refractivity contribution in [2.45, 2.75) is 64.4 Å². The Hall–Kier alpha value is -1.34. The summed E-state index contributed by atoms with van der Waals surface area (Å²) in [7, 11) is 0. The SMILES string of the molecule is CCCC(C)OC(=O)CCCC(=O)OCC(F)(F)C(F)F. The summed E-state index contributed by atoms with van der Waals surface area (Å²) >= 11 is 0. The van der Waals surface area contributed by atoms with Crippen molar-refractivity contribution in [1.82, 2.24) is 0 Å². The Labute approximate surface area is 120 Å². The van der Waals surface area contributed by atoms with Crippen molar-refractivity contribution < 1.29 is 36.6 Å². The maximum absolute atomic E-state index is 12.5. The molecule has 0 amide bonds. The van der Waals surface area contributed by atoms with E-state index in [-0.39, 0.29) is 25.4 Å². The lowest BCUT2D eigenvalue weighted by Gasteiger charge is -2.15. The lowest BCUT2D eigenvalue weighted by atomic mass is 10.2. The van der Waals surface area contributed by atoms with Crippen LogP contribution in [0.5, 0.6) is 0 Å². The minimum Gasteiger partial charge on any atom is -0.463 e. The summed E-state index contributed by atoms with van der Waals surface area (Å²) in [4.78, 5) is 22.4. The van der Waals surface area contributed by atoms with E-state index >= 15 is 0 Å². The minimum absolute atomic E-state index is 0.0523. The number of ether oxygens (including phenoxy) is 2. The number of esters is 2. The third kappa shape index (κ3) is 9.25. The predicted molar refractivity (Wildman–Crippen MR) is 66.2 cm³/mol. The Kier molecular flexibility index (Phi) is 8.96. The normalized spacial score (nSPS) is 13.1. The van der Waals surface area contributed by atoms with E-state index in [4.69, 9.17) is 4.74 Å². The molecule has 0 aromatic heterocycles. The summed E-state index contributed by atoms with van der Waals surface area (Å²) < 4.78 is 57.6. The molecule has 0 spiro atoms. The van der Waals surface area contributed by atoms with E-state index in [1.54, 1.807) is 6.92 Å². The highest BCUT2D eigenvalue weighted by molar-refractivity contribution is 5.72. The molecule has 0 bridgehead atoms. The van der Waals surface area contributed by atoms with Crippen molar-refractivity contribution in [3.05, 3.63) is 0 Å². The van der Waals surface area contributed by atoms with Gasteiger partial charge < -0.3 is 9.47 Å². The van der Waals surface area contributed by atoms with Crippen molar-refractivity contribution >= 4 is 11.9 Å². The minimum atomic E-state index is -4.36. The molecule has 0 saturated carbocycles. The average molecular weight is 316 g/mol. The first-order valence-electron chi connectivity index (χ1n) is 6.70. The fraction of sp³-hybridized carbons (Fsp3) is 0.846. The number of carbonyl (C=O) groups is 2. The maximum Gasteiger partial charge on any atom is 0.340 e. The largest absolute Gasteiger partial charge is 0.463 e. The van der Waals surface area contributed by atoms with Crippen LogP contribution >= 0.6 is 0 Å². The molecule has 21 heavy (non-hydrogen) atoms. The monoisotopic (exact) mass is 316 g/mol. The van der Waals surface area contributed by atoms with Crippen LogP contribution in [0.1, 0.15) is 46.0 Å². The summed E-state index contributed by atoms with van der Waals surface area (Å²) in [5.41, 5.74) is 0. The van der Waals surface area contributed by atoms with Gasteiger partial charge in [0.25, 0.3) is 0 Å². The number of hydrogen-bond donors (Lipinski definition) is 0. The molecule has 0 fully saturated rings. The highest BCUT2D eigenvalue weighted by atomic mass is 19.3. The molecule has 0 aliphatic carbocycles. The van der Waals surface area contributed by atoms with Crippen molar-refractivity contribution in [2.75, 3.05) is 6.61 Å². The van der Waals surface area contributed by atoms with Gasteiger partial charge in [-0.3, -0.25) is 9.59 Å². The maximum atomic E-state index is 12.5. The van der Waals surface area contributed by atoms with Gasteiger partial charge in [-0.05, 0) is 19.8 Å². The molecule has 0 heterocycles. The summed E-state index contributed by atoms with van der Waals surface area (Å²) in [6.07, 6.45) is -2.85. The Morgan fingerprint density at radius 3 is 2.24 bits per heavy atom. The fourth-order valence-electron chi connectivity index (χ4n) is 1.44. The van der Waals surface area contributed by atoms with E-state index < -0.39 is 30.9 Å². The zero-order chi connectivity index (χ0) is 16.5. The van der Waals surface area contributed by atoms with Crippen LogP contribution in [0.15, 0.2) is 0 Å². The van der Waals surface area contributed by atoms with Crippen LogP contribution in [0, 0.1) is 0 Å². The molecule has 124 valence electrons. The molecule has 0 aromatic carbocycles. The van der Waals surface area contributed by atoms with Gasteiger partial charge in [0.05, 0.1) is 6.10 Å². The Morgan fingerprint density at radius 1 is 1.14 bits per heavy atom. The third-order valence-corrected chi connectivity index (χ3v) is 2.53. The molecule has 0 rings (SSSR count). The molecule has 0 aliphatic heterocycles. The molecule has 0 radical (unpaired) electrons. The molecular weight excluding hydrogens is 296 g/mol. The Morgan fingerprint density at radius 2 is 1.71 bits per heavy atom. The van der Waals surface area contributed by atoms with Crippen LogP contribution in [0.25, 0.3) is 0 Å². The third-order valence-electron chi connectivity index (χ3n) is 2.53. The van der Waals surface area contributed by atoms with Gasteiger partial charge in [0.15, 0.2) is 6.61 Å². The Balaban J connectivity index is 3.82. The summed E-state index contributed by atoms with van der Waals surface area (Å²) in [5.74, 6) is -5.91. The molecule has 0 N–H and O–H groups in total. The molecular formula is C13H20F4O4. The lowest BCUT2D eigenvalue weighted by Crippen LogP contribution is -2.33. The van der Waals surface area contributed by atoms with Crippen LogP contribution in [-0.4, -0.2) is 37.0 Å². The summed E-state index contributed by atoms with van der Waals surface area (Å²) in [5, 5.41) is 0. The van der Waals surface area contributed by atoms with E-state index in [9.17, 15) is 27.2 Å². The van der Waals surface area contributed by atoms with Crippen LogP contribution < -0.4 is 0 Å². The lowest BCUT2D eigenvalue weighted by molar-refractivity contribution is -0.179. The van der Waals surface area contributed by atoms with E-state index in [0.29, 0.717) is 0 Å². The second kappa shape index (κ2) is 9.57. The summed E-state index contributed by atoms with van der Waals surface area (Å²) in [6, 6.07) is 0. The fourth-order valence-corrected chi connectivity index (χ4v) is 1.44. The molecule has 0 aromatic rings. The number of rotatable bonds is 10. The van der Waals surface area contributed by atoms with E-state index in [2.05, 4.69) is 4.74 Å². The van der Waals surface area contributed by atoms with Gasteiger partial charge in [-0.1, -0.05) is 13.3 Å². The number of carbonyl (C=O) groups excluding carboxylic acids is 2. The number of halogens is 4. The number of hydrogen-bond acceptors (Lipinski definition) is 4. The van der Waals surface area contributed by atoms with Crippen LogP contribution in [-0.2, 0) is 19.1 Å². The quantitative estimate of drug-likeness (QED) is 0.458. The first kappa shape index (κ1) is 19.7. The van der Waals surface area contributed by atoms with Crippen LogP contribution in [0.4, 0.5) is 17.6 Å². The van der Waals surface area contributed by atoms with E-state index in [0.717, 1.165) is 12.8 Å². The van der Waals surface area contributed by atoms with Gasteiger partial charge in [0.1, 0.15) is 0 Å². The highest BCUT2D eigenvalue weighted by Crippen LogP contribution is 2.23. The zero-order valence-corrected chi connectivity index (χ0v) is 12.0. The van der Waals surface area contributed by atoms with Gasteiger partial charge in [0, 0.05) is 12.8 Å². The van der Waals surface area contributed by atoms with Gasteiger partial charge in [-0.15, -0.1) is 0 Å². The predicted octanol–water partition coefficient (Wildman–Crippen LogP) is 3.33. The smallest absolute Gasteiger partial charge is 0.340 e. The molecule has 4 nitrogen and oxygen atoms in total. The Bertz CT molecular complexity index is 334. The average Bonchev–Trinajstić information content (AvgIpc) is 2.36. The molecule has 8 heteroatoms. The van der Waals surface area contributed by atoms with Crippen molar-refractivity contribution in [2.24, 2.45) is 0 Å². The first-order chi connectivity index (χ1) is 9.69. The topological polar surface area (TPSA) is 52.6 Å². The molecule has 0 saturated heterocycles. The van der Waals surface area contributed by atoms with Gasteiger partial charge >= 0.3 is 24.3 Å². The second-order valence-corrected chi connectivity index (χ2v) is 4.67. The van der Waals surface area contributed by atoms with Crippen molar-refractivity contribution in [1.29, 1.82) is 0 Å². The standard InChI is InChI=1S/C13H20F4O4/c1-3-5-9(2)21-11(19)7-4-6-10(18)20-8-13(16,17)12(14)15/h9,12H,3-8H2,1-2H3. The second-order valence-electron chi connectivity index (χ2n) is 4.67. The van der Waals surface area contributed by atoms with Gasteiger partial charge in [0.2, 0.25) is 0 Å². The summed E-state index contributed by atoms with van der Waals surface area (Å²) in [6.45, 7) is 2.01. The van der Waals surface area contributed by atoms with Gasteiger partial charge in [-0.25, -0.2) is 8.78 Å². The van der Waals surface area contributed by atoms with Crippen molar-refractivity contribution in [3.8, 4) is 0 Å². The molecule has 1 atom stereocenters. The van der Waals surface area contributed by atoms with E-state index in [1.165, 1.54) is 0 Å². The van der Waals surface area contributed by atoms with E-state index in [1.807, 2.05) is 6.92 Å². The van der Waals surface area contributed by atoms with Crippen molar-refractivity contribution in [3.63, 3.8) is 0 Å². The molecule has 0 aliphatic rings. The van der Waals surface area contributed by atoms with Gasteiger partial charge in [-0.2, -0.15) is 8.78 Å². The van der Waals surface area contributed by atoms with Crippen LogP contribution in [0.2, 0.25) is 0 Å². The molecule has 1 unspecified atom stereocenters.